The second-order valence-electron chi connectivity index (χ2n) is 12.1. The van der Waals surface area contributed by atoms with Gasteiger partial charge in [-0.1, -0.05) is 61.7 Å². The Hall–Kier alpha value is -2.97. The molecule has 222 valence electrons. The highest BCUT2D eigenvalue weighted by Crippen LogP contribution is 2.59. The smallest absolute Gasteiger partial charge is 0.248 e. The molecule has 8 heteroatoms. The molecule has 0 aromatic heterocycles. The van der Waals surface area contributed by atoms with Gasteiger partial charge >= 0.3 is 0 Å². The average Bonchev–Trinajstić information content (AvgIpc) is 3.63. The minimum Gasteiger partial charge on any atom is -0.396 e. The van der Waals surface area contributed by atoms with Crippen LogP contribution in [0.4, 0.5) is 0 Å². The molecule has 3 heterocycles. The van der Waals surface area contributed by atoms with Crippen LogP contribution < -0.4 is 0 Å². The lowest BCUT2D eigenvalue weighted by Gasteiger charge is -2.40. The molecule has 8 nitrogen and oxygen atoms in total. The van der Waals surface area contributed by atoms with Crippen LogP contribution in [0.15, 0.2) is 55.6 Å². The number of amides is 3. The molecule has 4 fully saturated rings. The number of hydrogen-bond donors (Lipinski definition) is 1. The summed E-state index contributed by atoms with van der Waals surface area (Å²) in [6.07, 6.45) is 10.7. The van der Waals surface area contributed by atoms with E-state index in [1.807, 2.05) is 35.2 Å². The number of rotatable bonds is 13. The molecule has 1 spiro atoms. The van der Waals surface area contributed by atoms with Crippen molar-refractivity contribution in [3.05, 3.63) is 61.2 Å². The number of hydrogen-bond acceptors (Lipinski definition) is 5. The quantitative estimate of drug-likeness (QED) is 0.292. The standard InChI is InChI=1S/C33H45N3O5/c1-3-19-34(23-24-13-7-5-8-14-24)30(38)27-26-17-18-33(41-26)28(27)31(39)36(21-11-12-22-37)29(33)32(40)35(20-4-2)25-15-9-6-10-16-25/h3-5,7-8,13-14,25-29,37H,1-2,6,9-12,15-23H2/t26-,27+,28+,29?,33?/m1/s1. The first-order chi connectivity index (χ1) is 20.0. The minimum absolute atomic E-state index is 0.0234. The van der Waals surface area contributed by atoms with Crippen molar-refractivity contribution in [1.82, 2.24) is 14.7 Å². The first kappa shape index (κ1) is 29.5. The SMILES string of the molecule is C=CCN(Cc1ccccc1)C(=O)[C@@H]1[C@H]2C(=O)N(CCCCO)C(C(=O)N(CC=C)C3CCCCC3)C23CC[C@H]1O3. The molecular formula is C33H45N3O5. The average molecular weight is 564 g/mol. The fourth-order valence-corrected chi connectivity index (χ4v) is 7.86. The molecular weight excluding hydrogens is 518 g/mol. The Morgan fingerprint density at radius 2 is 1.76 bits per heavy atom. The van der Waals surface area contributed by atoms with E-state index in [4.69, 9.17) is 4.74 Å². The van der Waals surface area contributed by atoms with Gasteiger partial charge in [-0.15, -0.1) is 13.2 Å². The summed E-state index contributed by atoms with van der Waals surface area (Å²) in [5, 5.41) is 9.45. The fraction of sp³-hybridized carbons (Fsp3) is 0.606. The predicted molar refractivity (Wildman–Crippen MR) is 156 cm³/mol. The van der Waals surface area contributed by atoms with E-state index in [1.165, 1.54) is 6.42 Å². The molecule has 1 saturated carbocycles. The van der Waals surface area contributed by atoms with Crippen LogP contribution >= 0.6 is 0 Å². The zero-order valence-corrected chi connectivity index (χ0v) is 24.2. The van der Waals surface area contributed by atoms with Crippen LogP contribution in [0.5, 0.6) is 0 Å². The number of benzene rings is 1. The second-order valence-corrected chi connectivity index (χ2v) is 12.1. The van der Waals surface area contributed by atoms with Crippen molar-refractivity contribution in [1.29, 1.82) is 0 Å². The molecule has 2 bridgehead atoms. The molecule has 3 amide bonds. The Morgan fingerprint density at radius 1 is 1.02 bits per heavy atom. The molecule has 1 aromatic carbocycles. The number of aliphatic hydroxyl groups is 1. The lowest BCUT2D eigenvalue weighted by molar-refractivity contribution is -0.150. The van der Waals surface area contributed by atoms with E-state index in [9.17, 15) is 19.5 Å². The van der Waals surface area contributed by atoms with E-state index in [2.05, 4.69) is 13.2 Å². The van der Waals surface area contributed by atoms with E-state index in [-0.39, 0.29) is 30.4 Å². The lowest BCUT2D eigenvalue weighted by Crippen LogP contribution is -2.58. The molecule has 5 atom stereocenters. The molecule has 5 rings (SSSR count). The number of ether oxygens (including phenoxy) is 1. The number of fused-ring (bicyclic) bond motifs is 1. The Labute approximate surface area is 244 Å². The second kappa shape index (κ2) is 12.9. The third-order valence-electron chi connectivity index (χ3n) is 9.63. The molecule has 3 aliphatic heterocycles. The monoisotopic (exact) mass is 563 g/mol. The summed E-state index contributed by atoms with van der Waals surface area (Å²) >= 11 is 0. The maximum Gasteiger partial charge on any atom is 0.248 e. The first-order valence-corrected chi connectivity index (χ1v) is 15.4. The molecule has 1 aliphatic carbocycles. The third kappa shape index (κ3) is 5.48. The molecule has 1 aromatic rings. The van der Waals surface area contributed by atoms with Crippen LogP contribution in [-0.2, 0) is 25.7 Å². The lowest BCUT2D eigenvalue weighted by atomic mass is 9.70. The molecule has 41 heavy (non-hydrogen) atoms. The zero-order chi connectivity index (χ0) is 29.0. The number of likely N-dealkylation sites (tertiary alicyclic amines) is 1. The highest BCUT2D eigenvalue weighted by molar-refractivity contribution is 5.99. The van der Waals surface area contributed by atoms with Crippen molar-refractivity contribution in [3.63, 3.8) is 0 Å². The van der Waals surface area contributed by atoms with Crippen molar-refractivity contribution in [3.8, 4) is 0 Å². The highest BCUT2D eigenvalue weighted by atomic mass is 16.5. The summed E-state index contributed by atoms with van der Waals surface area (Å²) < 4.78 is 6.69. The van der Waals surface area contributed by atoms with Gasteiger partial charge in [0.15, 0.2) is 0 Å². The van der Waals surface area contributed by atoms with Crippen LogP contribution in [0, 0.1) is 11.8 Å². The molecule has 2 unspecified atom stereocenters. The summed E-state index contributed by atoms with van der Waals surface area (Å²) in [6.45, 7) is 9.38. The van der Waals surface area contributed by atoms with E-state index in [1.54, 1.807) is 22.0 Å². The summed E-state index contributed by atoms with van der Waals surface area (Å²) in [5.41, 5.74) is -0.00976. The van der Waals surface area contributed by atoms with Gasteiger partial charge in [-0.2, -0.15) is 0 Å². The Balaban J connectivity index is 1.48. The number of aliphatic hydroxyl groups excluding tert-OH is 1. The summed E-state index contributed by atoms with van der Waals surface area (Å²) in [4.78, 5) is 48.4. The fourth-order valence-electron chi connectivity index (χ4n) is 7.86. The number of carbonyl (C=O) groups is 3. The normalized spacial score (nSPS) is 28.9. The number of nitrogens with zero attached hydrogens (tertiary/aromatic N) is 3. The van der Waals surface area contributed by atoms with Gasteiger partial charge in [0, 0.05) is 38.8 Å². The number of unbranched alkanes of at least 4 members (excludes halogenated alkanes) is 1. The van der Waals surface area contributed by atoms with Crippen LogP contribution in [-0.4, -0.2) is 87.6 Å². The van der Waals surface area contributed by atoms with Crippen molar-refractivity contribution >= 4 is 17.7 Å². The maximum absolute atomic E-state index is 14.5. The highest BCUT2D eigenvalue weighted by Gasteiger charge is 2.74. The largest absolute Gasteiger partial charge is 0.396 e. The van der Waals surface area contributed by atoms with Crippen LogP contribution in [0.2, 0.25) is 0 Å². The Morgan fingerprint density at radius 3 is 2.44 bits per heavy atom. The van der Waals surface area contributed by atoms with Crippen LogP contribution in [0.25, 0.3) is 0 Å². The first-order valence-electron chi connectivity index (χ1n) is 15.4. The maximum atomic E-state index is 14.5. The molecule has 0 radical (unpaired) electrons. The summed E-state index contributed by atoms with van der Waals surface area (Å²) in [6, 6.07) is 9.15. The van der Waals surface area contributed by atoms with Gasteiger partial charge in [0.25, 0.3) is 0 Å². The van der Waals surface area contributed by atoms with Gasteiger partial charge in [-0.25, -0.2) is 0 Å². The van der Waals surface area contributed by atoms with Crippen molar-refractivity contribution in [2.24, 2.45) is 11.8 Å². The van der Waals surface area contributed by atoms with E-state index < -0.39 is 29.6 Å². The Kier molecular flexibility index (Phi) is 9.29. The van der Waals surface area contributed by atoms with E-state index >= 15 is 0 Å². The molecule has 3 saturated heterocycles. The minimum atomic E-state index is -1.01. The van der Waals surface area contributed by atoms with Gasteiger partial charge < -0.3 is 24.5 Å². The van der Waals surface area contributed by atoms with E-state index in [0.717, 1.165) is 31.2 Å². The van der Waals surface area contributed by atoms with Crippen LogP contribution in [0.1, 0.15) is 63.4 Å². The van der Waals surface area contributed by atoms with Gasteiger partial charge in [0.1, 0.15) is 11.6 Å². The summed E-state index contributed by atoms with van der Waals surface area (Å²) in [5.74, 6) is -1.70. The molecule has 4 aliphatic rings. The van der Waals surface area contributed by atoms with Gasteiger partial charge in [0.2, 0.25) is 17.7 Å². The number of carbonyl (C=O) groups excluding carboxylic acids is 3. The summed E-state index contributed by atoms with van der Waals surface area (Å²) in [7, 11) is 0. The van der Waals surface area contributed by atoms with Gasteiger partial charge in [0.05, 0.1) is 17.9 Å². The van der Waals surface area contributed by atoms with Crippen molar-refractivity contribution in [2.75, 3.05) is 26.2 Å². The Bertz CT molecular complexity index is 1120. The zero-order valence-electron chi connectivity index (χ0n) is 24.2. The molecule has 1 N–H and O–H groups in total. The predicted octanol–water partition coefficient (Wildman–Crippen LogP) is 3.70. The third-order valence-corrected chi connectivity index (χ3v) is 9.63. The van der Waals surface area contributed by atoms with Gasteiger partial charge in [-0.05, 0) is 44.1 Å². The van der Waals surface area contributed by atoms with E-state index in [0.29, 0.717) is 51.9 Å². The van der Waals surface area contributed by atoms with Crippen LogP contribution in [0.3, 0.4) is 0 Å². The van der Waals surface area contributed by atoms with Gasteiger partial charge in [-0.3, -0.25) is 14.4 Å². The topological polar surface area (TPSA) is 90.4 Å². The van der Waals surface area contributed by atoms with Crippen molar-refractivity contribution < 1.29 is 24.2 Å². The van der Waals surface area contributed by atoms with Crippen molar-refractivity contribution in [2.45, 2.75) is 88.1 Å².